The number of halogens is 2. The Kier molecular flexibility index (Phi) is 10.7. The van der Waals surface area contributed by atoms with Gasteiger partial charge < -0.3 is 25.4 Å². The van der Waals surface area contributed by atoms with Crippen LogP contribution < -0.4 is 20.7 Å². The molecular formula is C23H30FIN4O3. The maximum Gasteiger partial charge on any atom is 0.253 e. The summed E-state index contributed by atoms with van der Waals surface area (Å²) in [6, 6.07) is 13.7. The monoisotopic (exact) mass is 556 g/mol. The lowest BCUT2D eigenvalue weighted by Crippen LogP contribution is -2.41. The van der Waals surface area contributed by atoms with Gasteiger partial charge in [-0.15, -0.1) is 24.0 Å². The second-order valence-electron chi connectivity index (χ2n) is 7.38. The van der Waals surface area contributed by atoms with Crippen molar-refractivity contribution in [3.05, 3.63) is 59.9 Å². The fraction of sp³-hybridized carbons (Fsp3) is 0.391. The molecule has 0 saturated carbocycles. The largest absolute Gasteiger partial charge is 0.489 e. The van der Waals surface area contributed by atoms with Gasteiger partial charge in [0, 0.05) is 32.0 Å². The third-order valence-corrected chi connectivity index (χ3v) is 4.79. The van der Waals surface area contributed by atoms with E-state index < -0.39 is 0 Å². The zero-order chi connectivity index (χ0) is 22.1. The number of hydrogen-bond acceptors (Lipinski definition) is 4. The number of hydrogen-bond donors (Lipinski definition) is 3. The van der Waals surface area contributed by atoms with Crippen LogP contribution in [-0.4, -0.2) is 44.3 Å². The molecule has 32 heavy (non-hydrogen) atoms. The molecule has 0 aliphatic carbocycles. The fourth-order valence-electron chi connectivity index (χ4n) is 3.23. The predicted octanol–water partition coefficient (Wildman–Crippen LogP) is 3.69. The minimum absolute atomic E-state index is 0. The molecule has 2 unspecified atom stereocenters. The van der Waals surface area contributed by atoms with Gasteiger partial charge in [0.2, 0.25) is 0 Å². The Morgan fingerprint density at radius 2 is 2.06 bits per heavy atom. The van der Waals surface area contributed by atoms with Crippen molar-refractivity contribution in [3.8, 4) is 5.75 Å². The van der Waals surface area contributed by atoms with Crippen LogP contribution in [0.1, 0.15) is 25.3 Å². The van der Waals surface area contributed by atoms with Crippen molar-refractivity contribution < 1.29 is 18.7 Å². The average Bonchev–Trinajstić information content (AvgIpc) is 3.29. The summed E-state index contributed by atoms with van der Waals surface area (Å²) in [7, 11) is 1.69. The van der Waals surface area contributed by atoms with Crippen molar-refractivity contribution in [3.63, 3.8) is 0 Å². The molecule has 0 spiro atoms. The summed E-state index contributed by atoms with van der Waals surface area (Å²) < 4.78 is 24.4. The highest BCUT2D eigenvalue weighted by molar-refractivity contribution is 14.0. The van der Waals surface area contributed by atoms with Gasteiger partial charge in [-0.3, -0.25) is 9.79 Å². The third kappa shape index (κ3) is 8.27. The highest BCUT2D eigenvalue weighted by Gasteiger charge is 2.23. The van der Waals surface area contributed by atoms with E-state index in [4.69, 9.17) is 9.47 Å². The number of carbonyl (C=O) groups excluding carboxylic acids is 1. The molecular weight excluding hydrogens is 526 g/mol. The number of nitrogens with zero attached hydrogens (tertiary/aromatic N) is 1. The average molecular weight is 556 g/mol. The molecule has 1 saturated heterocycles. The number of guanidine groups is 1. The van der Waals surface area contributed by atoms with Crippen LogP contribution in [0.15, 0.2) is 53.5 Å². The van der Waals surface area contributed by atoms with Crippen LogP contribution in [-0.2, 0) is 16.1 Å². The Balaban J connectivity index is 0.00000363. The van der Waals surface area contributed by atoms with Crippen LogP contribution in [0.25, 0.3) is 0 Å². The topological polar surface area (TPSA) is 84.0 Å². The zero-order valence-corrected chi connectivity index (χ0v) is 20.6. The third-order valence-electron chi connectivity index (χ3n) is 4.79. The maximum absolute atomic E-state index is 13.3. The lowest BCUT2D eigenvalue weighted by molar-refractivity contribution is -0.124. The molecule has 3 rings (SSSR count). The highest BCUT2D eigenvalue weighted by atomic mass is 127. The van der Waals surface area contributed by atoms with Crippen molar-refractivity contribution in [2.45, 2.75) is 38.5 Å². The number of rotatable bonds is 8. The smallest absolute Gasteiger partial charge is 0.253 e. The summed E-state index contributed by atoms with van der Waals surface area (Å²) in [5, 5.41) is 9.34. The Labute approximate surface area is 205 Å². The van der Waals surface area contributed by atoms with Gasteiger partial charge in [-0.2, -0.15) is 0 Å². The van der Waals surface area contributed by atoms with Crippen molar-refractivity contribution in [1.82, 2.24) is 10.6 Å². The minimum atomic E-state index is -0.360. The molecule has 1 fully saturated rings. The van der Waals surface area contributed by atoms with E-state index in [0.717, 1.165) is 24.1 Å². The van der Waals surface area contributed by atoms with Crippen LogP contribution in [0.4, 0.5) is 10.1 Å². The Morgan fingerprint density at radius 1 is 1.25 bits per heavy atom. The Morgan fingerprint density at radius 3 is 2.78 bits per heavy atom. The van der Waals surface area contributed by atoms with Crippen LogP contribution in [0.5, 0.6) is 5.75 Å². The van der Waals surface area contributed by atoms with Crippen LogP contribution in [0.3, 0.4) is 0 Å². The molecule has 0 aromatic heterocycles. The first-order valence-electron chi connectivity index (χ1n) is 10.4. The predicted molar refractivity (Wildman–Crippen MR) is 134 cm³/mol. The van der Waals surface area contributed by atoms with E-state index >= 15 is 0 Å². The summed E-state index contributed by atoms with van der Waals surface area (Å²) in [5.41, 5.74) is 1.73. The number of anilines is 1. The number of carbonyl (C=O) groups is 1. The number of nitrogens with one attached hydrogen (secondary N) is 3. The molecule has 2 aromatic carbocycles. The van der Waals surface area contributed by atoms with E-state index in [1.807, 2.05) is 31.2 Å². The van der Waals surface area contributed by atoms with Gasteiger partial charge in [-0.1, -0.05) is 18.2 Å². The molecule has 3 N–H and O–H groups in total. The standard InChI is InChI=1S/C23H29FN4O3.HI/c1-16(31-20-9-4-7-18(24)13-20)14-26-23(25-2)27-15-17-6-3-8-19(12-17)28-22(29)21-10-5-11-30-21;/h3-4,6-9,12-13,16,21H,5,10-11,14-15H2,1-2H3,(H,28,29)(H2,25,26,27);1H. The Bertz CT molecular complexity index is 906. The maximum atomic E-state index is 13.3. The van der Waals surface area contributed by atoms with Crippen molar-refractivity contribution in [2.24, 2.45) is 4.99 Å². The van der Waals surface area contributed by atoms with Gasteiger partial charge in [-0.05, 0) is 49.6 Å². The number of aliphatic imine (C=N–C) groups is 1. The Hall–Kier alpha value is -2.40. The van der Waals surface area contributed by atoms with Gasteiger partial charge in [0.1, 0.15) is 23.8 Å². The van der Waals surface area contributed by atoms with E-state index in [1.165, 1.54) is 12.1 Å². The van der Waals surface area contributed by atoms with Crippen molar-refractivity contribution in [1.29, 1.82) is 0 Å². The second-order valence-corrected chi connectivity index (χ2v) is 7.38. The van der Waals surface area contributed by atoms with Crippen molar-refractivity contribution >= 4 is 41.5 Å². The van der Waals surface area contributed by atoms with Gasteiger partial charge >= 0.3 is 0 Å². The minimum Gasteiger partial charge on any atom is -0.489 e. The van der Waals surface area contributed by atoms with Crippen molar-refractivity contribution in [2.75, 3.05) is 25.5 Å². The van der Waals surface area contributed by atoms with Gasteiger partial charge in [0.25, 0.3) is 5.91 Å². The number of benzene rings is 2. The highest BCUT2D eigenvalue weighted by Crippen LogP contribution is 2.16. The summed E-state index contributed by atoms with van der Waals surface area (Å²) >= 11 is 0. The van der Waals surface area contributed by atoms with E-state index in [9.17, 15) is 9.18 Å². The summed E-state index contributed by atoms with van der Waals surface area (Å²) in [6.07, 6.45) is 1.13. The SMILES string of the molecule is CN=C(NCc1cccc(NC(=O)C2CCCO2)c1)NCC(C)Oc1cccc(F)c1.I. The lowest BCUT2D eigenvalue weighted by Gasteiger charge is -2.18. The second kappa shape index (κ2) is 13.2. The first-order chi connectivity index (χ1) is 15.0. The van der Waals surface area contributed by atoms with Crippen LogP contribution in [0, 0.1) is 5.82 Å². The molecule has 2 atom stereocenters. The first-order valence-corrected chi connectivity index (χ1v) is 10.4. The molecule has 0 bridgehead atoms. The molecule has 9 heteroatoms. The molecule has 1 heterocycles. The molecule has 1 amide bonds. The molecule has 1 aliphatic rings. The number of ether oxygens (including phenoxy) is 2. The molecule has 0 radical (unpaired) electrons. The zero-order valence-electron chi connectivity index (χ0n) is 18.3. The number of amides is 1. The molecule has 174 valence electrons. The molecule has 2 aromatic rings. The van der Waals surface area contributed by atoms with Gasteiger partial charge in [-0.25, -0.2) is 4.39 Å². The van der Waals surface area contributed by atoms with Crippen LogP contribution >= 0.6 is 24.0 Å². The summed E-state index contributed by atoms with van der Waals surface area (Å²) in [6.45, 7) is 3.56. The lowest BCUT2D eigenvalue weighted by atomic mass is 10.2. The normalized spacial score (nSPS) is 16.6. The van der Waals surface area contributed by atoms with Gasteiger partial charge in [0.05, 0.1) is 6.54 Å². The van der Waals surface area contributed by atoms with E-state index in [0.29, 0.717) is 31.4 Å². The quantitative estimate of drug-likeness (QED) is 0.263. The first kappa shape index (κ1) is 25.9. The van der Waals surface area contributed by atoms with Crippen LogP contribution in [0.2, 0.25) is 0 Å². The van der Waals surface area contributed by atoms with E-state index in [-0.39, 0.29) is 47.9 Å². The summed E-state index contributed by atoms with van der Waals surface area (Å²) in [5.74, 6) is 0.666. The van der Waals surface area contributed by atoms with E-state index in [2.05, 4.69) is 20.9 Å². The van der Waals surface area contributed by atoms with E-state index in [1.54, 1.807) is 19.2 Å². The molecule has 1 aliphatic heterocycles. The van der Waals surface area contributed by atoms with Gasteiger partial charge in [0.15, 0.2) is 5.96 Å². The summed E-state index contributed by atoms with van der Waals surface area (Å²) in [4.78, 5) is 16.4. The molecule has 7 nitrogen and oxygen atoms in total. The fourth-order valence-corrected chi connectivity index (χ4v) is 3.23.